The third-order valence-electron chi connectivity index (χ3n) is 4.50. The summed E-state index contributed by atoms with van der Waals surface area (Å²) in [6, 6.07) is 13.4. The fourth-order valence-corrected chi connectivity index (χ4v) is 4.55. The van der Waals surface area contributed by atoms with Crippen LogP contribution in [-0.2, 0) is 6.54 Å². The standard InChI is InChI=1S/C22H17ClFN3OS/c1-13-9-14(2)20-19(10-13)29-22(26-20)27(12-16-5-3-4-8-25-16)21(28)17-7-6-15(24)11-18(17)23/h3-11H,12H2,1-2H3. The first-order chi connectivity index (χ1) is 13.9. The van der Waals surface area contributed by atoms with Crippen LogP contribution in [0.25, 0.3) is 10.2 Å². The maximum atomic E-state index is 13.5. The summed E-state index contributed by atoms with van der Waals surface area (Å²) in [4.78, 5) is 24.0. The maximum Gasteiger partial charge on any atom is 0.261 e. The van der Waals surface area contributed by atoms with E-state index in [-0.39, 0.29) is 23.0 Å². The number of hydrogen-bond acceptors (Lipinski definition) is 4. The minimum atomic E-state index is -0.492. The molecule has 0 fully saturated rings. The Kier molecular flexibility index (Phi) is 5.30. The molecule has 146 valence electrons. The van der Waals surface area contributed by atoms with Crippen molar-refractivity contribution >= 4 is 44.2 Å². The second-order valence-corrected chi connectivity index (χ2v) is 8.18. The first-order valence-corrected chi connectivity index (χ1v) is 10.2. The number of amides is 1. The van der Waals surface area contributed by atoms with Gasteiger partial charge in [-0.1, -0.05) is 35.1 Å². The van der Waals surface area contributed by atoms with Gasteiger partial charge >= 0.3 is 0 Å². The average molecular weight is 426 g/mol. The number of halogens is 2. The number of aryl methyl sites for hydroxylation is 2. The van der Waals surface area contributed by atoms with Crippen LogP contribution in [0.4, 0.5) is 9.52 Å². The fraction of sp³-hybridized carbons (Fsp3) is 0.136. The number of carbonyl (C=O) groups excluding carboxylic acids is 1. The molecule has 4 nitrogen and oxygen atoms in total. The van der Waals surface area contributed by atoms with Gasteiger partial charge in [0.2, 0.25) is 0 Å². The lowest BCUT2D eigenvalue weighted by atomic mass is 10.1. The topological polar surface area (TPSA) is 46.1 Å². The van der Waals surface area contributed by atoms with Crippen LogP contribution in [-0.4, -0.2) is 15.9 Å². The first kappa shape index (κ1) is 19.5. The minimum Gasteiger partial charge on any atom is -0.278 e. The van der Waals surface area contributed by atoms with Crippen molar-refractivity contribution in [2.45, 2.75) is 20.4 Å². The summed E-state index contributed by atoms with van der Waals surface area (Å²) in [5, 5.41) is 0.610. The Hall–Kier alpha value is -2.83. The maximum absolute atomic E-state index is 13.5. The molecule has 0 aliphatic heterocycles. The van der Waals surface area contributed by atoms with E-state index in [1.165, 1.54) is 23.5 Å². The predicted octanol–water partition coefficient (Wildman–Crippen LogP) is 5.95. The van der Waals surface area contributed by atoms with Gasteiger partial charge in [0, 0.05) is 6.20 Å². The van der Waals surface area contributed by atoms with Gasteiger partial charge in [0.25, 0.3) is 5.91 Å². The van der Waals surface area contributed by atoms with Crippen LogP contribution in [0.2, 0.25) is 5.02 Å². The normalized spacial score (nSPS) is 11.0. The third-order valence-corrected chi connectivity index (χ3v) is 5.84. The molecule has 29 heavy (non-hydrogen) atoms. The lowest BCUT2D eigenvalue weighted by Crippen LogP contribution is -2.31. The van der Waals surface area contributed by atoms with Crippen LogP contribution >= 0.6 is 22.9 Å². The van der Waals surface area contributed by atoms with E-state index in [0.29, 0.717) is 10.8 Å². The lowest BCUT2D eigenvalue weighted by molar-refractivity contribution is 0.0985. The van der Waals surface area contributed by atoms with E-state index in [4.69, 9.17) is 16.6 Å². The van der Waals surface area contributed by atoms with Crippen molar-refractivity contribution in [2.75, 3.05) is 4.90 Å². The molecule has 0 atom stereocenters. The number of hydrogen-bond donors (Lipinski definition) is 0. The van der Waals surface area contributed by atoms with Crippen molar-refractivity contribution in [1.29, 1.82) is 0 Å². The smallest absolute Gasteiger partial charge is 0.261 e. The predicted molar refractivity (Wildman–Crippen MR) is 115 cm³/mol. The number of pyridine rings is 1. The Morgan fingerprint density at radius 1 is 1.17 bits per heavy atom. The minimum absolute atomic E-state index is 0.0640. The summed E-state index contributed by atoms with van der Waals surface area (Å²) in [5.41, 5.74) is 3.98. The number of carbonyl (C=O) groups is 1. The number of benzene rings is 2. The molecule has 0 bridgehead atoms. The Bertz CT molecular complexity index is 1210. The third kappa shape index (κ3) is 3.99. The molecule has 0 aliphatic rings. The number of aromatic nitrogens is 2. The zero-order valence-electron chi connectivity index (χ0n) is 15.8. The highest BCUT2D eigenvalue weighted by molar-refractivity contribution is 7.22. The molecule has 0 N–H and O–H groups in total. The Labute approximate surface area is 176 Å². The quantitative estimate of drug-likeness (QED) is 0.406. The molecule has 0 saturated heterocycles. The average Bonchev–Trinajstić information content (AvgIpc) is 3.10. The Morgan fingerprint density at radius 2 is 2.00 bits per heavy atom. The zero-order valence-corrected chi connectivity index (χ0v) is 17.4. The molecule has 1 amide bonds. The molecule has 0 saturated carbocycles. The van der Waals surface area contributed by atoms with Gasteiger partial charge < -0.3 is 0 Å². The molecule has 0 spiro atoms. The van der Waals surface area contributed by atoms with Crippen LogP contribution in [0.3, 0.4) is 0 Å². The number of nitrogens with zero attached hydrogens (tertiary/aromatic N) is 3. The van der Waals surface area contributed by atoms with E-state index in [9.17, 15) is 9.18 Å². The van der Waals surface area contributed by atoms with E-state index in [0.717, 1.165) is 27.4 Å². The molecule has 2 heterocycles. The molecule has 7 heteroatoms. The van der Waals surface area contributed by atoms with Crippen LogP contribution in [0, 0.1) is 19.7 Å². The van der Waals surface area contributed by atoms with Crippen LogP contribution in [0.1, 0.15) is 27.2 Å². The van der Waals surface area contributed by atoms with Crippen LogP contribution < -0.4 is 4.90 Å². The van der Waals surface area contributed by atoms with Crippen LogP contribution in [0.15, 0.2) is 54.7 Å². The molecule has 2 aromatic heterocycles. The Morgan fingerprint density at radius 3 is 2.72 bits per heavy atom. The van der Waals surface area contributed by atoms with Crippen molar-refractivity contribution in [1.82, 2.24) is 9.97 Å². The second kappa shape index (κ2) is 7.89. The van der Waals surface area contributed by atoms with Crippen molar-refractivity contribution in [3.63, 3.8) is 0 Å². The van der Waals surface area contributed by atoms with Crippen molar-refractivity contribution in [3.05, 3.63) is 88.0 Å². The molecular weight excluding hydrogens is 409 g/mol. The van der Waals surface area contributed by atoms with Crippen molar-refractivity contribution < 1.29 is 9.18 Å². The summed E-state index contributed by atoms with van der Waals surface area (Å²) < 4.78 is 14.5. The number of anilines is 1. The SMILES string of the molecule is Cc1cc(C)c2nc(N(Cc3ccccn3)C(=O)c3ccc(F)cc3Cl)sc2c1. The number of fused-ring (bicyclic) bond motifs is 1. The Balaban J connectivity index is 1.82. The molecule has 0 unspecified atom stereocenters. The summed E-state index contributed by atoms with van der Waals surface area (Å²) in [6.07, 6.45) is 1.68. The summed E-state index contributed by atoms with van der Waals surface area (Å²) in [5.74, 6) is -0.844. The van der Waals surface area contributed by atoms with E-state index < -0.39 is 5.82 Å². The van der Waals surface area contributed by atoms with Gasteiger partial charge in [-0.3, -0.25) is 14.7 Å². The number of thiazole rings is 1. The molecule has 0 aliphatic carbocycles. The molecule has 2 aromatic carbocycles. The molecule has 0 radical (unpaired) electrons. The highest BCUT2D eigenvalue weighted by atomic mass is 35.5. The second-order valence-electron chi connectivity index (χ2n) is 6.76. The summed E-state index contributed by atoms with van der Waals surface area (Å²) in [6.45, 7) is 4.26. The van der Waals surface area contributed by atoms with Gasteiger partial charge in [0.05, 0.1) is 33.0 Å². The van der Waals surface area contributed by atoms with Crippen molar-refractivity contribution in [2.24, 2.45) is 0 Å². The fourth-order valence-electron chi connectivity index (χ4n) is 3.16. The lowest BCUT2D eigenvalue weighted by Gasteiger charge is -2.20. The molecule has 4 aromatic rings. The van der Waals surface area contributed by atoms with E-state index in [1.54, 1.807) is 11.1 Å². The number of rotatable bonds is 4. The molecule has 4 rings (SSSR count). The van der Waals surface area contributed by atoms with Gasteiger partial charge in [0.15, 0.2) is 5.13 Å². The van der Waals surface area contributed by atoms with E-state index in [1.807, 2.05) is 32.0 Å². The van der Waals surface area contributed by atoms with Gasteiger partial charge in [-0.15, -0.1) is 0 Å². The van der Waals surface area contributed by atoms with Gasteiger partial charge in [0.1, 0.15) is 5.82 Å². The summed E-state index contributed by atoms with van der Waals surface area (Å²) >= 11 is 7.60. The van der Waals surface area contributed by atoms with Gasteiger partial charge in [-0.2, -0.15) is 0 Å². The van der Waals surface area contributed by atoms with Crippen molar-refractivity contribution in [3.8, 4) is 0 Å². The first-order valence-electron chi connectivity index (χ1n) is 8.97. The largest absolute Gasteiger partial charge is 0.278 e. The monoisotopic (exact) mass is 425 g/mol. The van der Waals surface area contributed by atoms with Gasteiger partial charge in [-0.05, 0) is 61.4 Å². The van der Waals surface area contributed by atoms with E-state index >= 15 is 0 Å². The van der Waals surface area contributed by atoms with E-state index in [2.05, 4.69) is 17.1 Å². The highest BCUT2D eigenvalue weighted by Crippen LogP contribution is 2.33. The zero-order chi connectivity index (χ0) is 20.5. The van der Waals surface area contributed by atoms with Gasteiger partial charge in [-0.25, -0.2) is 9.37 Å². The summed E-state index contributed by atoms with van der Waals surface area (Å²) in [7, 11) is 0. The molecular formula is C22H17ClFN3OS. The highest BCUT2D eigenvalue weighted by Gasteiger charge is 2.24. The van der Waals surface area contributed by atoms with Crippen LogP contribution in [0.5, 0.6) is 0 Å².